The van der Waals surface area contributed by atoms with Crippen molar-refractivity contribution in [1.29, 1.82) is 0 Å². The predicted molar refractivity (Wildman–Crippen MR) is 200 cm³/mol. The monoisotopic (exact) mass is 685 g/mol. The van der Waals surface area contributed by atoms with Crippen LogP contribution in [0.5, 0.6) is 6.01 Å². The number of carboxylic acids is 1. The van der Waals surface area contributed by atoms with Gasteiger partial charge in [0, 0.05) is 50.2 Å². The molecule has 0 fully saturated rings. The average molecular weight is 686 g/mol. The van der Waals surface area contributed by atoms with Crippen LogP contribution < -0.4 is 25.9 Å². The van der Waals surface area contributed by atoms with E-state index in [4.69, 9.17) is 10.5 Å². The van der Waals surface area contributed by atoms with Gasteiger partial charge in [-0.15, -0.1) is 0 Å². The highest BCUT2D eigenvalue weighted by Gasteiger charge is 2.41. The highest BCUT2D eigenvalue weighted by molar-refractivity contribution is 6.98. The smallest absolute Gasteiger partial charge is 0.336 e. The molecule has 0 saturated heterocycles. The van der Waals surface area contributed by atoms with E-state index < -0.39 is 14.0 Å². The maximum absolute atomic E-state index is 13.4. The molecule has 0 radical (unpaired) electrons. The summed E-state index contributed by atoms with van der Waals surface area (Å²) in [6, 6.07) is 20.8. The third-order valence-corrected chi connectivity index (χ3v) is 12.7. The Labute approximate surface area is 293 Å². The summed E-state index contributed by atoms with van der Waals surface area (Å²) in [5.74, 6) is -1.12. The highest BCUT2D eigenvalue weighted by Crippen LogP contribution is 2.42. The molecule has 6 rings (SSSR count). The first-order valence-electron chi connectivity index (χ1n) is 16.3. The zero-order valence-electron chi connectivity index (χ0n) is 29.1. The van der Waals surface area contributed by atoms with E-state index in [2.05, 4.69) is 74.3 Å². The maximum atomic E-state index is 13.4. The fraction of sp³-hybridized carbons (Fsp3) is 0.205. The van der Waals surface area contributed by atoms with Gasteiger partial charge in [-0.1, -0.05) is 49.5 Å². The largest absolute Gasteiger partial charge is 0.478 e. The van der Waals surface area contributed by atoms with Crippen LogP contribution in [-0.2, 0) is 13.2 Å². The standard InChI is InChI=1S/C39H40N6O4Si/c1-44(2)27-12-15-30-33(20-27)50(5,6)34-21-28(45(3)4)13-16-31(34)36(30)29-14-11-26(19-32(29)38(47)48)37(46)42-22-24-7-9-25(10-8-24)23-49-39-41-18-17-35(40)43-39/h7-21H,22-23H2,1-6H3,(H3-,40,41,42,43,46,47,48)/p+1. The quantitative estimate of drug-likeness (QED) is 0.169. The molecule has 11 heteroatoms. The number of hydrogen-bond acceptors (Lipinski definition) is 7. The summed E-state index contributed by atoms with van der Waals surface area (Å²) in [6.45, 7) is 5.23. The Hall–Kier alpha value is -5.81. The molecule has 254 valence electrons. The summed E-state index contributed by atoms with van der Waals surface area (Å²) >= 11 is 0. The molecule has 0 saturated carbocycles. The molecule has 1 amide bonds. The van der Waals surface area contributed by atoms with Crippen molar-refractivity contribution in [2.45, 2.75) is 26.2 Å². The van der Waals surface area contributed by atoms with Gasteiger partial charge in [0.1, 0.15) is 34.6 Å². The van der Waals surface area contributed by atoms with Crippen LogP contribution in [-0.4, -0.2) is 73.5 Å². The molecular weight excluding hydrogens is 645 g/mol. The van der Waals surface area contributed by atoms with Crippen molar-refractivity contribution < 1.29 is 24.0 Å². The number of amides is 1. The van der Waals surface area contributed by atoms with E-state index >= 15 is 0 Å². The van der Waals surface area contributed by atoms with Gasteiger partial charge in [-0.25, -0.2) is 14.4 Å². The van der Waals surface area contributed by atoms with E-state index in [1.807, 2.05) is 52.5 Å². The number of allylic oxidation sites excluding steroid dienone is 5. The third kappa shape index (κ3) is 6.72. The lowest BCUT2D eigenvalue weighted by Crippen LogP contribution is -2.49. The number of nitrogens with zero attached hydrogens (tertiary/aromatic N) is 4. The second kappa shape index (κ2) is 13.6. The van der Waals surface area contributed by atoms with Crippen molar-refractivity contribution in [2.24, 2.45) is 0 Å². The molecule has 1 aromatic heterocycles. The van der Waals surface area contributed by atoms with Gasteiger partial charge in [-0.3, -0.25) is 4.79 Å². The van der Waals surface area contributed by atoms with Crippen molar-refractivity contribution in [2.75, 3.05) is 38.8 Å². The maximum Gasteiger partial charge on any atom is 0.336 e. The highest BCUT2D eigenvalue weighted by atomic mass is 28.3. The molecule has 0 bridgehead atoms. The summed E-state index contributed by atoms with van der Waals surface area (Å²) in [5, 5.41) is 15.9. The van der Waals surface area contributed by atoms with Gasteiger partial charge in [0.15, 0.2) is 5.71 Å². The van der Waals surface area contributed by atoms with E-state index in [9.17, 15) is 14.7 Å². The number of fused-ring (bicyclic) bond motifs is 2. The number of benzene rings is 3. The van der Waals surface area contributed by atoms with Crippen LogP contribution in [0.15, 0.2) is 102 Å². The van der Waals surface area contributed by atoms with Gasteiger partial charge in [0.05, 0.1) is 5.56 Å². The van der Waals surface area contributed by atoms with Crippen molar-refractivity contribution in [3.8, 4) is 6.01 Å². The summed E-state index contributed by atoms with van der Waals surface area (Å²) in [7, 11) is 5.90. The van der Waals surface area contributed by atoms with E-state index in [1.54, 1.807) is 18.2 Å². The molecule has 10 nitrogen and oxygen atoms in total. The molecule has 3 aromatic carbocycles. The van der Waals surface area contributed by atoms with Gasteiger partial charge in [0.2, 0.25) is 0 Å². The van der Waals surface area contributed by atoms with Crippen molar-refractivity contribution in [3.05, 3.63) is 135 Å². The number of rotatable bonds is 9. The number of aromatic nitrogens is 2. The molecule has 2 aliphatic rings. The summed E-state index contributed by atoms with van der Waals surface area (Å²) in [5.41, 5.74) is 13.5. The number of nitrogen functional groups attached to an aromatic ring is 1. The van der Waals surface area contributed by atoms with Crippen LogP contribution in [0.2, 0.25) is 13.1 Å². The minimum Gasteiger partial charge on any atom is -0.478 e. The number of nitrogens with two attached hydrogens (primary N) is 1. The topological polar surface area (TPSA) is 134 Å². The second-order valence-corrected chi connectivity index (χ2v) is 17.7. The fourth-order valence-corrected chi connectivity index (χ4v) is 9.43. The molecule has 2 heterocycles. The molecule has 50 heavy (non-hydrogen) atoms. The number of aromatic carboxylic acids is 1. The van der Waals surface area contributed by atoms with Crippen molar-refractivity contribution >= 4 is 47.9 Å². The Balaban J connectivity index is 1.29. The minimum absolute atomic E-state index is 0.0767. The van der Waals surface area contributed by atoms with Crippen LogP contribution in [0, 0.1) is 0 Å². The van der Waals surface area contributed by atoms with Gasteiger partial charge < -0.3 is 25.8 Å². The van der Waals surface area contributed by atoms with Gasteiger partial charge in [-0.05, 0) is 80.2 Å². The Kier molecular flexibility index (Phi) is 9.26. The number of hydrogen-bond donors (Lipinski definition) is 3. The Morgan fingerprint density at radius 3 is 2.36 bits per heavy atom. The van der Waals surface area contributed by atoms with Crippen LogP contribution in [0.25, 0.3) is 5.57 Å². The molecule has 1 aliphatic carbocycles. The van der Waals surface area contributed by atoms with Crippen molar-refractivity contribution in [1.82, 2.24) is 15.3 Å². The summed E-state index contributed by atoms with van der Waals surface area (Å²) in [4.78, 5) is 36.4. The Morgan fingerprint density at radius 1 is 0.960 bits per heavy atom. The Bertz CT molecular complexity index is 2140. The lowest BCUT2D eigenvalue weighted by atomic mass is 9.86. The van der Waals surface area contributed by atoms with E-state index in [1.165, 1.54) is 22.6 Å². The normalized spacial score (nSPS) is 14.4. The Morgan fingerprint density at radius 2 is 1.68 bits per heavy atom. The van der Waals surface area contributed by atoms with Crippen LogP contribution in [0.4, 0.5) is 11.5 Å². The van der Waals surface area contributed by atoms with E-state index in [-0.39, 0.29) is 36.2 Å². The molecule has 1 aliphatic heterocycles. The van der Waals surface area contributed by atoms with Gasteiger partial charge in [-0.2, -0.15) is 4.98 Å². The van der Waals surface area contributed by atoms with Gasteiger partial charge >= 0.3 is 12.0 Å². The summed E-state index contributed by atoms with van der Waals surface area (Å²) < 4.78 is 7.70. The van der Waals surface area contributed by atoms with E-state index in [0.29, 0.717) is 11.4 Å². The molecular formula is C39H41N6O4Si+. The first kappa shape index (κ1) is 34.1. The van der Waals surface area contributed by atoms with E-state index in [0.717, 1.165) is 39.2 Å². The van der Waals surface area contributed by atoms with Crippen LogP contribution >= 0.6 is 0 Å². The zero-order chi connectivity index (χ0) is 35.7. The zero-order valence-corrected chi connectivity index (χ0v) is 30.1. The fourth-order valence-electron chi connectivity index (χ4n) is 6.36. The first-order valence-corrected chi connectivity index (χ1v) is 19.3. The molecule has 0 spiro atoms. The van der Waals surface area contributed by atoms with Crippen LogP contribution in [0.3, 0.4) is 0 Å². The average Bonchev–Trinajstić information content (AvgIpc) is 3.10. The number of nitrogens with one attached hydrogen (secondary N) is 1. The van der Waals surface area contributed by atoms with Gasteiger partial charge in [0.25, 0.3) is 5.91 Å². The molecule has 4 N–H and O–H groups in total. The number of carbonyl (C=O) groups is 2. The molecule has 0 unspecified atom stereocenters. The number of carboxylic acid groups (broad SMARTS) is 1. The number of ether oxygens (including phenoxy) is 1. The molecule has 0 atom stereocenters. The summed E-state index contributed by atoms with van der Waals surface area (Å²) in [6.07, 6.45) is 7.99. The number of carbonyl (C=O) groups excluding carboxylic acids is 1. The number of anilines is 2. The predicted octanol–water partition coefficient (Wildman–Crippen LogP) is 4.81. The first-order chi connectivity index (χ1) is 23.8. The third-order valence-electron chi connectivity index (χ3n) is 9.20. The second-order valence-electron chi connectivity index (χ2n) is 13.4. The van der Waals surface area contributed by atoms with Crippen molar-refractivity contribution in [3.63, 3.8) is 0 Å². The SMILES string of the molecule is CN(C)c1ccc2c(c1)[Si](C)(C)C1=CC(=[N+](C)C)C=CC1=C2c1ccc(C(=O)NCc2ccc(COc3nccc(N)n3)cc2)cc1C(=O)O. The lowest BCUT2D eigenvalue weighted by Gasteiger charge is -2.38. The van der Waals surface area contributed by atoms with Crippen LogP contribution in [0.1, 0.15) is 43.0 Å². The molecule has 4 aromatic rings. The minimum atomic E-state index is -2.21. The lowest BCUT2D eigenvalue weighted by molar-refractivity contribution is -0.462.